The molecule has 0 bridgehead atoms. The number of unbranched alkanes of at least 4 members (excludes halogenated alkanes) is 6. The zero-order chi connectivity index (χ0) is 21.7. The van der Waals surface area contributed by atoms with Crippen molar-refractivity contribution in [1.82, 2.24) is 0 Å². The van der Waals surface area contributed by atoms with E-state index in [4.69, 9.17) is 9.47 Å². The Kier molecular flexibility index (Phi) is 9.18. The standard InChI is InChI=1S/C28H32O3/c1-2-3-4-5-6-7-11-22-30-26-18-16-25(17-19-26)28(29)31-27-20-14-24(15-21-27)23-12-9-8-10-13-23/h8-10,12-21H,2-7,11,22H2,1H3. The van der Waals surface area contributed by atoms with Crippen LogP contribution in [0.15, 0.2) is 78.9 Å². The van der Waals surface area contributed by atoms with Crippen molar-refractivity contribution in [2.24, 2.45) is 0 Å². The molecule has 3 heteroatoms. The van der Waals surface area contributed by atoms with Crippen molar-refractivity contribution < 1.29 is 14.3 Å². The van der Waals surface area contributed by atoms with Gasteiger partial charge < -0.3 is 9.47 Å². The van der Waals surface area contributed by atoms with Crippen LogP contribution in [-0.2, 0) is 0 Å². The van der Waals surface area contributed by atoms with Crippen LogP contribution in [-0.4, -0.2) is 12.6 Å². The predicted molar refractivity (Wildman–Crippen MR) is 127 cm³/mol. The number of benzene rings is 3. The lowest BCUT2D eigenvalue weighted by Crippen LogP contribution is -2.08. The summed E-state index contributed by atoms with van der Waals surface area (Å²) in [6.45, 7) is 2.95. The molecule has 0 amide bonds. The maximum atomic E-state index is 12.4. The summed E-state index contributed by atoms with van der Waals surface area (Å²) in [5.41, 5.74) is 2.73. The van der Waals surface area contributed by atoms with Gasteiger partial charge in [-0.15, -0.1) is 0 Å². The zero-order valence-corrected chi connectivity index (χ0v) is 18.4. The summed E-state index contributed by atoms with van der Waals surface area (Å²) in [7, 11) is 0. The van der Waals surface area contributed by atoms with Crippen molar-refractivity contribution in [3.63, 3.8) is 0 Å². The van der Waals surface area contributed by atoms with Gasteiger partial charge >= 0.3 is 5.97 Å². The van der Waals surface area contributed by atoms with E-state index in [-0.39, 0.29) is 5.97 Å². The van der Waals surface area contributed by atoms with Gasteiger partial charge in [0.2, 0.25) is 0 Å². The van der Waals surface area contributed by atoms with Crippen molar-refractivity contribution in [2.75, 3.05) is 6.61 Å². The van der Waals surface area contributed by atoms with Crippen LogP contribution in [0.2, 0.25) is 0 Å². The number of hydrogen-bond donors (Lipinski definition) is 0. The summed E-state index contributed by atoms with van der Waals surface area (Å²) in [5, 5.41) is 0. The highest BCUT2D eigenvalue weighted by Crippen LogP contribution is 2.23. The maximum Gasteiger partial charge on any atom is 0.343 e. The average Bonchev–Trinajstić information content (AvgIpc) is 2.82. The molecule has 31 heavy (non-hydrogen) atoms. The summed E-state index contributed by atoms with van der Waals surface area (Å²) in [6.07, 6.45) is 8.83. The molecule has 0 saturated carbocycles. The van der Waals surface area contributed by atoms with Crippen LogP contribution in [0.25, 0.3) is 11.1 Å². The SMILES string of the molecule is CCCCCCCCCOc1ccc(C(=O)Oc2ccc(-c3ccccc3)cc2)cc1. The first-order valence-electron chi connectivity index (χ1n) is 11.4. The van der Waals surface area contributed by atoms with Crippen molar-refractivity contribution in [2.45, 2.75) is 51.9 Å². The Bertz CT molecular complexity index is 899. The molecule has 3 aromatic rings. The number of carbonyl (C=O) groups excluding carboxylic acids is 1. The topological polar surface area (TPSA) is 35.5 Å². The number of carbonyl (C=O) groups is 1. The van der Waals surface area contributed by atoms with E-state index >= 15 is 0 Å². The fourth-order valence-electron chi connectivity index (χ4n) is 3.45. The molecule has 0 N–H and O–H groups in total. The van der Waals surface area contributed by atoms with Crippen molar-refractivity contribution in [1.29, 1.82) is 0 Å². The second kappa shape index (κ2) is 12.6. The number of ether oxygens (including phenoxy) is 2. The minimum atomic E-state index is -0.369. The van der Waals surface area contributed by atoms with Crippen LogP contribution in [0.1, 0.15) is 62.2 Å². The van der Waals surface area contributed by atoms with E-state index in [2.05, 4.69) is 19.1 Å². The Morgan fingerprint density at radius 2 is 1.23 bits per heavy atom. The third-order valence-electron chi connectivity index (χ3n) is 5.28. The minimum absolute atomic E-state index is 0.369. The van der Waals surface area contributed by atoms with Gasteiger partial charge in [-0.3, -0.25) is 0 Å². The Labute approximate surface area is 186 Å². The summed E-state index contributed by atoms with van der Waals surface area (Å²) in [5.74, 6) is 0.949. The summed E-state index contributed by atoms with van der Waals surface area (Å²) < 4.78 is 11.3. The Morgan fingerprint density at radius 1 is 0.645 bits per heavy atom. The van der Waals surface area contributed by atoms with E-state index in [9.17, 15) is 4.79 Å². The molecule has 0 radical (unpaired) electrons. The normalized spacial score (nSPS) is 10.6. The quantitative estimate of drug-likeness (QED) is 0.172. The van der Waals surface area contributed by atoms with Gasteiger partial charge in [0.15, 0.2) is 0 Å². The van der Waals surface area contributed by atoms with Gasteiger partial charge in [0.25, 0.3) is 0 Å². The van der Waals surface area contributed by atoms with Gasteiger partial charge in [-0.05, 0) is 53.9 Å². The van der Waals surface area contributed by atoms with Gasteiger partial charge in [0.05, 0.1) is 12.2 Å². The van der Waals surface area contributed by atoms with Crippen LogP contribution < -0.4 is 9.47 Å². The van der Waals surface area contributed by atoms with Crippen LogP contribution in [0.4, 0.5) is 0 Å². The van der Waals surface area contributed by atoms with Crippen molar-refractivity contribution in [3.05, 3.63) is 84.4 Å². The Hall–Kier alpha value is -3.07. The number of esters is 1. The van der Waals surface area contributed by atoms with Gasteiger partial charge in [-0.2, -0.15) is 0 Å². The molecular formula is C28H32O3. The molecule has 0 aliphatic carbocycles. The highest BCUT2D eigenvalue weighted by atomic mass is 16.5. The van der Waals surface area contributed by atoms with Gasteiger partial charge in [0, 0.05) is 0 Å². The van der Waals surface area contributed by atoms with Crippen LogP contribution in [0.3, 0.4) is 0 Å². The smallest absolute Gasteiger partial charge is 0.343 e. The monoisotopic (exact) mass is 416 g/mol. The van der Waals surface area contributed by atoms with Gasteiger partial charge in [0.1, 0.15) is 11.5 Å². The second-order valence-electron chi connectivity index (χ2n) is 7.77. The molecular weight excluding hydrogens is 384 g/mol. The average molecular weight is 417 g/mol. The molecule has 0 saturated heterocycles. The van der Waals surface area contributed by atoms with Crippen molar-refractivity contribution >= 4 is 5.97 Å². The highest BCUT2D eigenvalue weighted by Gasteiger charge is 2.09. The fourth-order valence-corrected chi connectivity index (χ4v) is 3.45. The van der Waals surface area contributed by atoms with E-state index in [1.165, 1.54) is 38.5 Å². The molecule has 0 aromatic heterocycles. The highest BCUT2D eigenvalue weighted by molar-refractivity contribution is 5.91. The molecule has 0 aliphatic rings. The fraction of sp³-hybridized carbons (Fsp3) is 0.321. The molecule has 3 rings (SSSR count). The predicted octanol–water partition coefficient (Wildman–Crippen LogP) is 7.70. The lowest BCUT2D eigenvalue weighted by Gasteiger charge is -2.08. The van der Waals surface area contributed by atoms with Crippen LogP contribution in [0, 0.1) is 0 Å². The van der Waals surface area contributed by atoms with E-state index < -0.39 is 0 Å². The molecule has 0 fully saturated rings. The largest absolute Gasteiger partial charge is 0.494 e. The van der Waals surface area contributed by atoms with Crippen LogP contribution in [0.5, 0.6) is 11.5 Å². The van der Waals surface area contributed by atoms with E-state index in [0.29, 0.717) is 17.9 Å². The maximum absolute atomic E-state index is 12.4. The second-order valence-corrected chi connectivity index (χ2v) is 7.77. The molecule has 0 spiro atoms. The molecule has 162 valence electrons. The molecule has 0 heterocycles. The van der Waals surface area contributed by atoms with Gasteiger partial charge in [-0.1, -0.05) is 87.9 Å². The third-order valence-corrected chi connectivity index (χ3v) is 5.28. The van der Waals surface area contributed by atoms with E-state index in [1.54, 1.807) is 12.1 Å². The van der Waals surface area contributed by atoms with E-state index in [0.717, 1.165) is 23.3 Å². The third kappa shape index (κ3) is 7.60. The first kappa shape index (κ1) is 22.6. The minimum Gasteiger partial charge on any atom is -0.494 e. The first-order chi connectivity index (χ1) is 15.3. The lowest BCUT2D eigenvalue weighted by atomic mass is 10.1. The lowest BCUT2D eigenvalue weighted by molar-refractivity contribution is 0.0734. The molecule has 3 nitrogen and oxygen atoms in total. The summed E-state index contributed by atoms with van der Waals surface area (Å²) in [4.78, 5) is 12.4. The Balaban J connectivity index is 1.42. The summed E-state index contributed by atoms with van der Waals surface area (Å²) in [6, 6.07) is 24.8. The number of hydrogen-bond acceptors (Lipinski definition) is 3. The summed E-state index contributed by atoms with van der Waals surface area (Å²) >= 11 is 0. The van der Waals surface area contributed by atoms with Gasteiger partial charge in [-0.25, -0.2) is 4.79 Å². The van der Waals surface area contributed by atoms with Crippen LogP contribution >= 0.6 is 0 Å². The number of rotatable bonds is 12. The zero-order valence-electron chi connectivity index (χ0n) is 18.4. The molecule has 0 unspecified atom stereocenters. The van der Waals surface area contributed by atoms with Crippen molar-refractivity contribution in [3.8, 4) is 22.6 Å². The molecule has 0 aliphatic heterocycles. The van der Waals surface area contributed by atoms with E-state index in [1.807, 2.05) is 54.6 Å². The Morgan fingerprint density at radius 3 is 1.90 bits per heavy atom. The molecule has 3 aromatic carbocycles. The molecule has 0 atom stereocenters. The first-order valence-corrected chi connectivity index (χ1v) is 11.4.